The maximum absolute atomic E-state index is 12.4. The molecule has 1 amide bonds. The molecule has 0 heterocycles. The number of halogens is 2. The molecule has 7 heteroatoms. The second-order valence-corrected chi connectivity index (χ2v) is 9.31. The predicted octanol–water partition coefficient (Wildman–Crippen LogP) is 4.52. The Kier molecular flexibility index (Phi) is 5.42. The maximum Gasteiger partial charge on any atom is 0.266 e. The smallest absolute Gasteiger partial charge is 0.266 e. The molecule has 0 saturated heterocycles. The van der Waals surface area contributed by atoms with Crippen molar-refractivity contribution >= 4 is 43.5 Å². The summed E-state index contributed by atoms with van der Waals surface area (Å²) in [5.74, 6) is -0.724. The molecule has 2 aromatic rings. The molecular formula is C17H17BrClNO3S. The summed E-state index contributed by atoms with van der Waals surface area (Å²) in [6.45, 7) is 6.11. The number of hydrogen-bond donors (Lipinski definition) is 1. The first-order chi connectivity index (χ1) is 11.0. The van der Waals surface area contributed by atoms with Gasteiger partial charge >= 0.3 is 0 Å². The summed E-state index contributed by atoms with van der Waals surface area (Å²) in [6, 6.07) is 11.0. The Hall–Kier alpha value is -1.37. The molecule has 0 aliphatic heterocycles. The minimum Gasteiger partial charge on any atom is -0.268 e. The highest BCUT2D eigenvalue weighted by Gasteiger charge is 2.21. The molecule has 0 bridgehead atoms. The van der Waals surface area contributed by atoms with E-state index in [4.69, 9.17) is 11.6 Å². The van der Waals surface area contributed by atoms with Crippen LogP contribution in [-0.2, 0) is 15.4 Å². The average molecular weight is 431 g/mol. The number of benzene rings is 2. The Balaban J connectivity index is 2.26. The van der Waals surface area contributed by atoms with Crippen LogP contribution in [-0.4, -0.2) is 14.3 Å². The summed E-state index contributed by atoms with van der Waals surface area (Å²) in [4.78, 5) is 12.3. The summed E-state index contributed by atoms with van der Waals surface area (Å²) in [7, 11) is -3.95. The number of amides is 1. The van der Waals surface area contributed by atoms with Crippen LogP contribution in [0.1, 0.15) is 36.7 Å². The number of hydrogen-bond acceptors (Lipinski definition) is 3. The number of rotatable bonds is 3. The summed E-state index contributed by atoms with van der Waals surface area (Å²) < 4.78 is 27.3. The molecule has 0 unspecified atom stereocenters. The van der Waals surface area contributed by atoms with E-state index >= 15 is 0 Å². The topological polar surface area (TPSA) is 63.2 Å². The van der Waals surface area contributed by atoms with E-state index in [9.17, 15) is 13.2 Å². The molecular weight excluding hydrogens is 414 g/mol. The van der Waals surface area contributed by atoms with Gasteiger partial charge in [-0.2, -0.15) is 0 Å². The average Bonchev–Trinajstić information content (AvgIpc) is 2.45. The molecule has 0 spiro atoms. The Morgan fingerprint density at radius 2 is 1.67 bits per heavy atom. The summed E-state index contributed by atoms with van der Waals surface area (Å²) >= 11 is 9.02. The monoisotopic (exact) mass is 429 g/mol. The predicted molar refractivity (Wildman–Crippen MR) is 98.9 cm³/mol. The van der Waals surface area contributed by atoms with Crippen LogP contribution in [0.15, 0.2) is 51.8 Å². The lowest BCUT2D eigenvalue weighted by Crippen LogP contribution is -2.30. The third-order valence-electron chi connectivity index (χ3n) is 3.43. The third kappa shape index (κ3) is 4.37. The molecule has 0 aliphatic carbocycles. The molecule has 1 N–H and O–H groups in total. The van der Waals surface area contributed by atoms with Gasteiger partial charge in [0.2, 0.25) is 0 Å². The summed E-state index contributed by atoms with van der Waals surface area (Å²) in [5.41, 5.74) is 1.11. The van der Waals surface area contributed by atoms with E-state index < -0.39 is 15.9 Å². The van der Waals surface area contributed by atoms with E-state index in [2.05, 4.69) is 20.7 Å². The van der Waals surface area contributed by atoms with E-state index in [-0.39, 0.29) is 15.9 Å². The van der Waals surface area contributed by atoms with Gasteiger partial charge in [-0.25, -0.2) is 13.1 Å². The summed E-state index contributed by atoms with van der Waals surface area (Å²) in [6.07, 6.45) is 0. The molecule has 128 valence electrons. The highest BCUT2D eigenvalue weighted by molar-refractivity contribution is 9.10. The molecule has 0 atom stereocenters. The van der Waals surface area contributed by atoms with Gasteiger partial charge < -0.3 is 0 Å². The van der Waals surface area contributed by atoms with Gasteiger partial charge in [-0.3, -0.25) is 4.79 Å². The van der Waals surface area contributed by atoms with E-state index in [1.807, 2.05) is 20.8 Å². The van der Waals surface area contributed by atoms with Gasteiger partial charge in [0, 0.05) is 9.50 Å². The van der Waals surface area contributed by atoms with Gasteiger partial charge in [0.05, 0.1) is 10.5 Å². The van der Waals surface area contributed by atoms with Crippen molar-refractivity contribution < 1.29 is 13.2 Å². The van der Waals surface area contributed by atoms with Crippen LogP contribution in [0.4, 0.5) is 0 Å². The first kappa shape index (κ1) is 19.0. The van der Waals surface area contributed by atoms with Crippen molar-refractivity contribution in [2.45, 2.75) is 31.1 Å². The van der Waals surface area contributed by atoms with Crippen molar-refractivity contribution in [3.63, 3.8) is 0 Å². The second-order valence-electron chi connectivity index (χ2n) is 6.33. The van der Waals surface area contributed by atoms with E-state index in [1.54, 1.807) is 12.1 Å². The number of carbonyl (C=O) groups is 1. The van der Waals surface area contributed by atoms with Crippen molar-refractivity contribution in [1.29, 1.82) is 0 Å². The molecule has 0 aromatic heterocycles. The SMILES string of the molecule is CC(C)(C)c1ccc(S(=O)(=O)NC(=O)c2ccc(Cl)cc2Br)cc1. The normalized spacial score (nSPS) is 12.0. The lowest BCUT2D eigenvalue weighted by molar-refractivity contribution is 0.0980. The van der Waals surface area contributed by atoms with Crippen LogP contribution in [0.2, 0.25) is 5.02 Å². The van der Waals surface area contributed by atoms with E-state index in [0.717, 1.165) is 5.56 Å². The van der Waals surface area contributed by atoms with Crippen molar-refractivity contribution in [1.82, 2.24) is 4.72 Å². The first-order valence-electron chi connectivity index (χ1n) is 7.13. The molecule has 0 fully saturated rings. The fourth-order valence-corrected chi connectivity index (χ4v) is 3.87. The van der Waals surface area contributed by atoms with Crippen LogP contribution in [0, 0.1) is 0 Å². The lowest BCUT2D eigenvalue weighted by atomic mass is 9.87. The van der Waals surface area contributed by atoms with Gasteiger partial charge in [0.1, 0.15) is 0 Å². The molecule has 2 rings (SSSR count). The van der Waals surface area contributed by atoms with Crippen molar-refractivity contribution in [2.24, 2.45) is 0 Å². The van der Waals surface area contributed by atoms with Crippen LogP contribution in [0.5, 0.6) is 0 Å². The number of carbonyl (C=O) groups excluding carboxylic acids is 1. The molecule has 4 nitrogen and oxygen atoms in total. The fourth-order valence-electron chi connectivity index (χ4n) is 2.04. The van der Waals surface area contributed by atoms with E-state index in [1.165, 1.54) is 30.3 Å². The van der Waals surface area contributed by atoms with Gasteiger partial charge in [0.25, 0.3) is 15.9 Å². The first-order valence-corrected chi connectivity index (χ1v) is 9.79. The summed E-state index contributed by atoms with van der Waals surface area (Å²) in [5, 5.41) is 0.444. The van der Waals surface area contributed by atoms with Gasteiger partial charge in [0.15, 0.2) is 0 Å². The van der Waals surface area contributed by atoms with Crippen molar-refractivity contribution in [3.05, 3.63) is 63.1 Å². The van der Waals surface area contributed by atoms with Gasteiger partial charge in [-0.1, -0.05) is 44.5 Å². The highest BCUT2D eigenvalue weighted by Crippen LogP contribution is 2.24. The zero-order chi connectivity index (χ0) is 18.1. The highest BCUT2D eigenvalue weighted by atomic mass is 79.9. The Morgan fingerprint density at radius 1 is 1.08 bits per heavy atom. The standard InChI is InChI=1S/C17H17BrClNO3S/c1-17(2,3)11-4-7-13(8-5-11)24(22,23)20-16(21)14-9-6-12(19)10-15(14)18/h4-10H,1-3H3,(H,20,21). The van der Waals surface area contributed by atoms with Gasteiger partial charge in [-0.05, 0) is 57.2 Å². The van der Waals surface area contributed by atoms with Crippen LogP contribution >= 0.6 is 27.5 Å². The lowest BCUT2D eigenvalue weighted by Gasteiger charge is -2.19. The molecule has 0 radical (unpaired) electrons. The molecule has 0 aliphatic rings. The zero-order valence-electron chi connectivity index (χ0n) is 13.4. The molecule has 2 aromatic carbocycles. The van der Waals surface area contributed by atoms with Crippen LogP contribution < -0.4 is 4.72 Å². The van der Waals surface area contributed by atoms with Crippen LogP contribution in [0.25, 0.3) is 0 Å². The Labute approximate surface area is 155 Å². The second kappa shape index (κ2) is 6.86. The Morgan fingerprint density at radius 3 is 2.17 bits per heavy atom. The maximum atomic E-state index is 12.4. The molecule has 24 heavy (non-hydrogen) atoms. The number of nitrogens with one attached hydrogen (secondary N) is 1. The van der Waals surface area contributed by atoms with Crippen molar-refractivity contribution in [2.75, 3.05) is 0 Å². The van der Waals surface area contributed by atoms with Gasteiger partial charge in [-0.15, -0.1) is 0 Å². The minimum absolute atomic E-state index is 0.0361. The van der Waals surface area contributed by atoms with E-state index in [0.29, 0.717) is 9.50 Å². The quantitative estimate of drug-likeness (QED) is 0.779. The Bertz CT molecular complexity index is 872. The van der Waals surface area contributed by atoms with Crippen LogP contribution in [0.3, 0.4) is 0 Å². The fraction of sp³-hybridized carbons (Fsp3) is 0.235. The zero-order valence-corrected chi connectivity index (χ0v) is 16.6. The third-order valence-corrected chi connectivity index (χ3v) is 5.67. The number of sulfonamides is 1. The largest absolute Gasteiger partial charge is 0.268 e. The minimum atomic E-state index is -3.95. The van der Waals surface area contributed by atoms with Crippen molar-refractivity contribution in [3.8, 4) is 0 Å². The molecule has 0 saturated carbocycles.